The van der Waals surface area contributed by atoms with Crippen molar-refractivity contribution in [2.75, 3.05) is 18.6 Å². The molecule has 8 heteroatoms. The minimum atomic E-state index is -2.97. The summed E-state index contributed by atoms with van der Waals surface area (Å²) in [5.41, 5.74) is 3.29. The lowest BCUT2D eigenvalue weighted by atomic mass is 10.1. The largest absolute Gasteiger partial charge is 0.458 e. The number of ether oxygens (including phenoxy) is 1. The highest BCUT2D eigenvalue weighted by atomic mass is 31.2. The maximum Gasteiger partial charge on any atom is 0.336 e. The molecule has 3 aromatic rings. The molecule has 0 aliphatic heterocycles. The van der Waals surface area contributed by atoms with Crippen LogP contribution in [0.2, 0.25) is 0 Å². The number of carbonyl (C=O) groups excluding carboxylic acids is 1. The number of anilines is 1. The van der Waals surface area contributed by atoms with E-state index in [9.17, 15) is 13.8 Å². The summed E-state index contributed by atoms with van der Waals surface area (Å²) in [5.74, 6) is -1.69. The number of aryl methyl sites for hydroxylation is 1. The van der Waals surface area contributed by atoms with E-state index in [1.807, 2.05) is 31.2 Å². The summed E-state index contributed by atoms with van der Waals surface area (Å²) in [6.45, 7) is 10.3. The van der Waals surface area contributed by atoms with Crippen LogP contribution in [0.1, 0.15) is 37.6 Å². The van der Waals surface area contributed by atoms with Crippen molar-refractivity contribution in [3.8, 4) is 11.3 Å². The van der Waals surface area contributed by atoms with Crippen molar-refractivity contribution in [1.82, 2.24) is 9.97 Å². The molecule has 0 fully saturated rings. The number of nitrogens with one attached hydrogen (secondary N) is 1. The predicted molar refractivity (Wildman–Crippen MR) is 134 cm³/mol. The predicted octanol–water partition coefficient (Wildman–Crippen LogP) is 5.88. The third-order valence-electron chi connectivity index (χ3n) is 4.97. The second kappa shape index (κ2) is 10.1. The van der Waals surface area contributed by atoms with Crippen molar-refractivity contribution in [3.05, 3.63) is 77.4 Å². The van der Waals surface area contributed by atoms with Gasteiger partial charge in [0.1, 0.15) is 24.4 Å². The van der Waals surface area contributed by atoms with E-state index >= 15 is 0 Å². The van der Waals surface area contributed by atoms with Crippen molar-refractivity contribution in [1.29, 1.82) is 0 Å². The van der Waals surface area contributed by atoms with Gasteiger partial charge >= 0.3 is 5.97 Å². The molecule has 0 radical (unpaired) electrons. The van der Waals surface area contributed by atoms with E-state index in [0.29, 0.717) is 23.6 Å². The second-order valence-corrected chi connectivity index (χ2v) is 13.1. The lowest BCUT2D eigenvalue weighted by Crippen LogP contribution is -2.36. The zero-order valence-corrected chi connectivity index (χ0v) is 21.3. The molecule has 1 aromatic heterocycles. The molecule has 1 heterocycles. The van der Waals surface area contributed by atoms with E-state index in [1.165, 1.54) is 25.5 Å². The first-order valence-corrected chi connectivity index (χ1v) is 13.7. The molecule has 0 saturated heterocycles. The average molecular weight is 484 g/mol. The van der Waals surface area contributed by atoms with Gasteiger partial charge in [-0.05, 0) is 64.8 Å². The van der Waals surface area contributed by atoms with Gasteiger partial charge in [0.15, 0.2) is 5.78 Å². The third-order valence-corrected chi connectivity index (χ3v) is 6.55. The Hall–Kier alpha value is -3.05. The number of nitrogens with zero attached hydrogens (tertiary/aromatic N) is 2. The van der Waals surface area contributed by atoms with Gasteiger partial charge in [-0.25, -0.2) is 19.2 Å². The molecular weight excluding hydrogens is 452 g/mol. The Morgan fingerprint density at radius 2 is 1.82 bits per heavy atom. The summed E-state index contributed by atoms with van der Waals surface area (Å²) in [6.07, 6.45) is 1.96. The standard InChI is InChI=1S/C26H31FN3O3P/c1-17-8-7-9-19(14-17)22-16-28-23(21(29-22)15-18-10-12-20(27)13-11-18)30-24(34(5,6)32)25(31)33-26(2,3)4/h7-14,16,24H,15H2,1-6H3,(H,28,30). The molecule has 3 rings (SSSR count). The van der Waals surface area contributed by atoms with Gasteiger partial charge in [-0.2, -0.15) is 0 Å². The second-order valence-electron chi connectivity index (χ2n) is 9.74. The molecule has 34 heavy (non-hydrogen) atoms. The van der Waals surface area contributed by atoms with Crippen molar-refractivity contribution in [3.63, 3.8) is 0 Å². The highest BCUT2D eigenvalue weighted by Crippen LogP contribution is 2.44. The molecule has 6 nitrogen and oxygen atoms in total. The van der Waals surface area contributed by atoms with Crippen LogP contribution in [0.15, 0.2) is 54.7 Å². The van der Waals surface area contributed by atoms with Gasteiger partial charge in [0.2, 0.25) is 0 Å². The maximum atomic E-state index is 13.4. The molecule has 0 spiro atoms. The van der Waals surface area contributed by atoms with Crippen LogP contribution in [0.3, 0.4) is 0 Å². The first-order valence-electron chi connectivity index (χ1n) is 11.0. The maximum absolute atomic E-state index is 13.4. The number of benzene rings is 2. The lowest BCUT2D eigenvalue weighted by Gasteiger charge is -2.27. The zero-order chi connectivity index (χ0) is 25.1. The highest BCUT2D eigenvalue weighted by molar-refractivity contribution is 7.64. The summed E-state index contributed by atoms with van der Waals surface area (Å²) >= 11 is 0. The fourth-order valence-corrected chi connectivity index (χ4v) is 4.36. The quantitative estimate of drug-likeness (QED) is 0.334. The highest BCUT2D eigenvalue weighted by Gasteiger charge is 2.35. The fraction of sp³-hybridized carbons (Fsp3) is 0.346. The summed E-state index contributed by atoms with van der Waals surface area (Å²) < 4.78 is 32.0. The van der Waals surface area contributed by atoms with E-state index in [1.54, 1.807) is 39.1 Å². The Bertz CT molecular complexity index is 1220. The molecule has 0 saturated carbocycles. The first-order chi connectivity index (χ1) is 15.8. The fourth-order valence-electron chi connectivity index (χ4n) is 3.37. The summed E-state index contributed by atoms with van der Waals surface area (Å²) in [5, 5.41) is 3.05. The molecule has 0 aliphatic rings. The van der Waals surface area contributed by atoms with Gasteiger partial charge in [-0.3, -0.25) is 0 Å². The Labute approximate surface area is 200 Å². The van der Waals surface area contributed by atoms with Gasteiger partial charge in [0, 0.05) is 12.0 Å². The summed E-state index contributed by atoms with van der Waals surface area (Å²) in [4.78, 5) is 22.3. The molecule has 0 amide bonds. The SMILES string of the molecule is Cc1cccc(-c2cnc(NC(C(=O)OC(C)(C)C)P(C)(C)=O)c(Cc3ccc(F)cc3)n2)c1. The Morgan fingerprint density at radius 1 is 1.15 bits per heavy atom. The van der Waals surface area contributed by atoms with Crippen LogP contribution in [0.4, 0.5) is 10.2 Å². The van der Waals surface area contributed by atoms with Crippen LogP contribution in [-0.2, 0) is 20.5 Å². The Morgan fingerprint density at radius 3 is 2.41 bits per heavy atom. The van der Waals surface area contributed by atoms with Gasteiger partial charge in [0.25, 0.3) is 0 Å². The van der Waals surface area contributed by atoms with E-state index in [-0.39, 0.29) is 5.82 Å². The number of carbonyl (C=O) groups is 1. The number of esters is 1. The van der Waals surface area contributed by atoms with Crippen molar-refractivity contribution in [2.24, 2.45) is 0 Å². The van der Waals surface area contributed by atoms with E-state index in [2.05, 4.69) is 10.3 Å². The number of halogens is 1. The van der Waals surface area contributed by atoms with Crippen LogP contribution in [0, 0.1) is 12.7 Å². The number of aromatic nitrogens is 2. The number of rotatable bonds is 7. The normalized spacial score (nSPS) is 12.8. The van der Waals surface area contributed by atoms with E-state index < -0.39 is 24.5 Å². The molecule has 0 aliphatic carbocycles. The molecule has 1 atom stereocenters. The molecule has 1 N–H and O–H groups in total. The van der Waals surface area contributed by atoms with Gasteiger partial charge < -0.3 is 14.6 Å². The zero-order valence-electron chi connectivity index (χ0n) is 20.4. The van der Waals surface area contributed by atoms with Gasteiger partial charge in [-0.15, -0.1) is 0 Å². The Balaban J connectivity index is 2.04. The first kappa shape index (κ1) is 25.6. The molecule has 0 bridgehead atoms. The topological polar surface area (TPSA) is 81.2 Å². The molecule has 180 valence electrons. The molecule has 1 unspecified atom stereocenters. The number of hydrogen-bond donors (Lipinski definition) is 1. The number of hydrogen-bond acceptors (Lipinski definition) is 6. The Kier molecular flexibility index (Phi) is 7.57. The smallest absolute Gasteiger partial charge is 0.336 e. The minimum absolute atomic E-state index is 0.329. The summed E-state index contributed by atoms with van der Waals surface area (Å²) in [6, 6.07) is 14.0. The van der Waals surface area contributed by atoms with Crippen LogP contribution in [0.5, 0.6) is 0 Å². The van der Waals surface area contributed by atoms with Crippen molar-refractivity contribution < 1.29 is 18.5 Å². The molecular formula is C26H31FN3O3P. The van der Waals surface area contributed by atoms with Gasteiger partial charge in [0.05, 0.1) is 17.6 Å². The average Bonchev–Trinajstić information content (AvgIpc) is 2.72. The lowest BCUT2D eigenvalue weighted by molar-refractivity contribution is -0.153. The van der Waals surface area contributed by atoms with Crippen LogP contribution in [-0.4, -0.2) is 40.7 Å². The van der Waals surface area contributed by atoms with Crippen LogP contribution < -0.4 is 5.32 Å². The van der Waals surface area contributed by atoms with Crippen molar-refractivity contribution >= 4 is 18.9 Å². The summed E-state index contributed by atoms with van der Waals surface area (Å²) in [7, 11) is -2.97. The van der Waals surface area contributed by atoms with Gasteiger partial charge in [-0.1, -0.05) is 35.9 Å². The van der Waals surface area contributed by atoms with Crippen molar-refractivity contribution in [2.45, 2.75) is 45.5 Å². The molecule has 2 aromatic carbocycles. The van der Waals surface area contributed by atoms with Crippen LogP contribution >= 0.6 is 7.14 Å². The monoisotopic (exact) mass is 483 g/mol. The van der Waals surface area contributed by atoms with E-state index in [4.69, 9.17) is 9.72 Å². The van der Waals surface area contributed by atoms with Crippen LogP contribution in [0.25, 0.3) is 11.3 Å². The third kappa shape index (κ3) is 6.97. The minimum Gasteiger partial charge on any atom is -0.458 e. The van der Waals surface area contributed by atoms with E-state index in [0.717, 1.165) is 16.7 Å².